The van der Waals surface area contributed by atoms with Crippen molar-refractivity contribution in [3.8, 4) is 0 Å². The fourth-order valence-corrected chi connectivity index (χ4v) is 2.60. The molecule has 2 N–H and O–H groups in total. The van der Waals surface area contributed by atoms with Gasteiger partial charge in [0, 0.05) is 19.6 Å². The van der Waals surface area contributed by atoms with Gasteiger partial charge in [-0.3, -0.25) is 4.79 Å². The molecule has 4 nitrogen and oxygen atoms in total. The average molecular weight is 226 g/mol. The number of carbonyl (C=O) groups is 1. The lowest BCUT2D eigenvalue weighted by Crippen LogP contribution is -2.48. The van der Waals surface area contributed by atoms with Crippen molar-refractivity contribution in [1.82, 2.24) is 10.6 Å². The summed E-state index contributed by atoms with van der Waals surface area (Å²) in [5.74, 6) is 1.47. The summed E-state index contributed by atoms with van der Waals surface area (Å²) in [5, 5.41) is 6.19. The molecular formula is C12H22N2O2. The second-order valence-corrected chi connectivity index (χ2v) is 4.98. The fraction of sp³-hybridized carbons (Fsp3) is 0.917. The highest BCUT2D eigenvalue weighted by molar-refractivity contribution is 5.81. The standard InChI is InChI=1S/C12H22N2O2/c1-9-3-2-4-10(9)7-14-12(15)11-8-13-5-6-16-11/h9-11,13H,2-8H2,1H3,(H,14,15). The number of morpholine rings is 1. The third kappa shape index (κ3) is 2.95. The third-order valence-corrected chi connectivity index (χ3v) is 3.80. The van der Waals surface area contributed by atoms with Gasteiger partial charge in [-0.25, -0.2) is 0 Å². The Morgan fingerprint density at radius 1 is 1.50 bits per heavy atom. The van der Waals surface area contributed by atoms with Crippen molar-refractivity contribution in [1.29, 1.82) is 0 Å². The fourth-order valence-electron chi connectivity index (χ4n) is 2.60. The van der Waals surface area contributed by atoms with E-state index in [1.807, 2.05) is 0 Å². The van der Waals surface area contributed by atoms with E-state index in [9.17, 15) is 4.79 Å². The lowest BCUT2D eigenvalue weighted by atomic mass is 9.98. The Labute approximate surface area is 97.1 Å². The minimum atomic E-state index is -0.287. The van der Waals surface area contributed by atoms with Crippen molar-refractivity contribution in [2.75, 3.05) is 26.2 Å². The van der Waals surface area contributed by atoms with Gasteiger partial charge in [0.2, 0.25) is 5.91 Å². The van der Waals surface area contributed by atoms with E-state index in [-0.39, 0.29) is 12.0 Å². The predicted octanol–water partition coefficient (Wildman–Crippen LogP) is 0.527. The molecule has 0 aromatic heterocycles. The van der Waals surface area contributed by atoms with Gasteiger partial charge in [-0.2, -0.15) is 0 Å². The van der Waals surface area contributed by atoms with Crippen LogP contribution in [0.15, 0.2) is 0 Å². The van der Waals surface area contributed by atoms with Crippen molar-refractivity contribution in [3.63, 3.8) is 0 Å². The normalized spacial score (nSPS) is 34.9. The molecule has 0 spiro atoms. The van der Waals surface area contributed by atoms with Crippen LogP contribution in [0.4, 0.5) is 0 Å². The topological polar surface area (TPSA) is 50.4 Å². The zero-order valence-corrected chi connectivity index (χ0v) is 10.00. The number of rotatable bonds is 3. The Hall–Kier alpha value is -0.610. The summed E-state index contributed by atoms with van der Waals surface area (Å²) < 4.78 is 5.41. The number of carbonyl (C=O) groups excluding carboxylic acids is 1. The van der Waals surface area contributed by atoms with E-state index in [1.54, 1.807) is 0 Å². The molecule has 92 valence electrons. The highest BCUT2D eigenvalue weighted by atomic mass is 16.5. The predicted molar refractivity (Wildman–Crippen MR) is 62.1 cm³/mol. The number of hydrogen-bond donors (Lipinski definition) is 2. The molecule has 16 heavy (non-hydrogen) atoms. The van der Waals surface area contributed by atoms with Crippen molar-refractivity contribution < 1.29 is 9.53 Å². The zero-order valence-electron chi connectivity index (χ0n) is 10.00. The second kappa shape index (κ2) is 5.64. The van der Waals surface area contributed by atoms with Gasteiger partial charge >= 0.3 is 0 Å². The molecule has 0 radical (unpaired) electrons. The van der Waals surface area contributed by atoms with Gasteiger partial charge in [-0.05, 0) is 18.3 Å². The Bertz CT molecular complexity index is 239. The molecule has 1 aliphatic carbocycles. The Morgan fingerprint density at radius 2 is 2.38 bits per heavy atom. The lowest BCUT2D eigenvalue weighted by molar-refractivity contribution is -0.134. The maximum absolute atomic E-state index is 11.8. The van der Waals surface area contributed by atoms with E-state index >= 15 is 0 Å². The summed E-state index contributed by atoms with van der Waals surface area (Å²) >= 11 is 0. The molecule has 2 aliphatic rings. The molecule has 1 heterocycles. The van der Waals surface area contributed by atoms with Crippen LogP contribution < -0.4 is 10.6 Å². The first-order valence-electron chi connectivity index (χ1n) is 6.37. The maximum atomic E-state index is 11.8. The summed E-state index contributed by atoms with van der Waals surface area (Å²) in [7, 11) is 0. The lowest BCUT2D eigenvalue weighted by Gasteiger charge is -2.24. The molecule has 1 saturated heterocycles. The molecule has 2 fully saturated rings. The van der Waals surface area contributed by atoms with E-state index in [0.717, 1.165) is 19.0 Å². The quantitative estimate of drug-likeness (QED) is 0.738. The van der Waals surface area contributed by atoms with Crippen molar-refractivity contribution in [2.45, 2.75) is 32.3 Å². The molecule has 4 heteroatoms. The van der Waals surface area contributed by atoms with E-state index in [0.29, 0.717) is 19.1 Å². The molecular weight excluding hydrogens is 204 g/mol. The number of nitrogens with one attached hydrogen (secondary N) is 2. The molecule has 0 aromatic rings. The summed E-state index contributed by atoms with van der Waals surface area (Å²) in [5.41, 5.74) is 0. The molecule has 2 rings (SSSR count). The first-order valence-corrected chi connectivity index (χ1v) is 6.37. The Morgan fingerprint density at radius 3 is 3.00 bits per heavy atom. The van der Waals surface area contributed by atoms with Crippen LogP contribution in [0.2, 0.25) is 0 Å². The van der Waals surface area contributed by atoms with E-state index in [4.69, 9.17) is 4.74 Å². The molecule has 1 saturated carbocycles. The van der Waals surface area contributed by atoms with Gasteiger partial charge in [0.05, 0.1) is 6.61 Å². The van der Waals surface area contributed by atoms with Gasteiger partial charge in [0.1, 0.15) is 6.10 Å². The van der Waals surface area contributed by atoms with Crippen LogP contribution in [-0.2, 0) is 9.53 Å². The molecule has 0 bridgehead atoms. The van der Waals surface area contributed by atoms with Crippen LogP contribution >= 0.6 is 0 Å². The van der Waals surface area contributed by atoms with Gasteiger partial charge in [-0.15, -0.1) is 0 Å². The van der Waals surface area contributed by atoms with Crippen LogP contribution in [0.3, 0.4) is 0 Å². The molecule has 3 unspecified atom stereocenters. The van der Waals surface area contributed by atoms with Crippen molar-refractivity contribution in [3.05, 3.63) is 0 Å². The minimum Gasteiger partial charge on any atom is -0.366 e. The Kier molecular flexibility index (Phi) is 4.18. The van der Waals surface area contributed by atoms with Crippen LogP contribution in [0.1, 0.15) is 26.2 Å². The number of amides is 1. The highest BCUT2D eigenvalue weighted by Crippen LogP contribution is 2.30. The smallest absolute Gasteiger partial charge is 0.250 e. The molecule has 3 atom stereocenters. The van der Waals surface area contributed by atoms with Gasteiger partial charge in [0.15, 0.2) is 0 Å². The number of ether oxygens (including phenoxy) is 1. The second-order valence-electron chi connectivity index (χ2n) is 4.98. The van der Waals surface area contributed by atoms with E-state index in [1.165, 1.54) is 19.3 Å². The molecule has 1 aliphatic heterocycles. The third-order valence-electron chi connectivity index (χ3n) is 3.80. The van der Waals surface area contributed by atoms with E-state index < -0.39 is 0 Å². The Balaban J connectivity index is 1.70. The maximum Gasteiger partial charge on any atom is 0.250 e. The van der Waals surface area contributed by atoms with Gasteiger partial charge in [0.25, 0.3) is 0 Å². The van der Waals surface area contributed by atoms with Crippen molar-refractivity contribution in [2.24, 2.45) is 11.8 Å². The average Bonchev–Trinajstić information content (AvgIpc) is 2.73. The first-order chi connectivity index (χ1) is 7.77. The first kappa shape index (κ1) is 11.9. The summed E-state index contributed by atoms with van der Waals surface area (Å²) in [6, 6.07) is 0. The zero-order chi connectivity index (χ0) is 11.4. The summed E-state index contributed by atoms with van der Waals surface area (Å²) in [6.07, 6.45) is 3.58. The monoisotopic (exact) mass is 226 g/mol. The van der Waals surface area contributed by atoms with Crippen LogP contribution in [0, 0.1) is 11.8 Å². The van der Waals surface area contributed by atoms with Gasteiger partial charge < -0.3 is 15.4 Å². The largest absolute Gasteiger partial charge is 0.366 e. The molecule has 1 amide bonds. The molecule has 0 aromatic carbocycles. The number of hydrogen-bond acceptors (Lipinski definition) is 3. The van der Waals surface area contributed by atoms with Gasteiger partial charge in [-0.1, -0.05) is 19.8 Å². The van der Waals surface area contributed by atoms with Crippen LogP contribution in [-0.4, -0.2) is 38.3 Å². The minimum absolute atomic E-state index is 0.0475. The summed E-state index contributed by atoms with van der Waals surface area (Å²) in [6.45, 7) is 5.23. The van der Waals surface area contributed by atoms with Crippen LogP contribution in [0.5, 0.6) is 0 Å². The van der Waals surface area contributed by atoms with E-state index in [2.05, 4.69) is 17.6 Å². The summed E-state index contributed by atoms with van der Waals surface area (Å²) in [4.78, 5) is 11.8. The SMILES string of the molecule is CC1CCCC1CNC(=O)C1CNCCO1. The highest BCUT2D eigenvalue weighted by Gasteiger charge is 2.26. The van der Waals surface area contributed by atoms with Crippen molar-refractivity contribution >= 4 is 5.91 Å². The van der Waals surface area contributed by atoms with Crippen LogP contribution in [0.25, 0.3) is 0 Å².